The first-order valence-corrected chi connectivity index (χ1v) is 7.36. The summed E-state index contributed by atoms with van der Waals surface area (Å²) in [6.45, 7) is 1.17. The first kappa shape index (κ1) is 18.0. The molecule has 0 saturated heterocycles. The Morgan fingerprint density at radius 2 is 2.00 bits per heavy atom. The Kier molecular flexibility index (Phi) is 7.98. The first-order valence-electron chi connectivity index (χ1n) is 6.57. The second-order valence-electron chi connectivity index (χ2n) is 4.30. The molecular weight excluding hydrogens is 356 g/mol. The topological polar surface area (TPSA) is 93.7 Å². The normalized spacial score (nSPS) is 9.73. The summed E-state index contributed by atoms with van der Waals surface area (Å²) in [4.78, 5) is 33.1. The highest BCUT2D eigenvalue weighted by molar-refractivity contribution is 9.10. The van der Waals surface area contributed by atoms with Crippen molar-refractivity contribution in [1.29, 1.82) is 0 Å². The molecule has 0 aliphatic rings. The fraction of sp³-hybridized carbons (Fsp3) is 0.357. The zero-order chi connectivity index (χ0) is 16.4. The number of carbonyl (C=O) groups is 3. The second kappa shape index (κ2) is 9.78. The molecule has 2 N–H and O–H groups in total. The number of amides is 2. The van der Waals surface area contributed by atoms with Gasteiger partial charge in [0.2, 0.25) is 5.91 Å². The van der Waals surface area contributed by atoms with E-state index < -0.39 is 24.4 Å². The van der Waals surface area contributed by atoms with Crippen LogP contribution in [0.25, 0.3) is 0 Å². The van der Waals surface area contributed by atoms with Crippen molar-refractivity contribution in [3.8, 4) is 5.75 Å². The van der Waals surface area contributed by atoms with Crippen molar-refractivity contribution in [3.05, 3.63) is 28.7 Å². The Bertz CT molecular complexity index is 536. The highest BCUT2D eigenvalue weighted by Crippen LogP contribution is 2.17. The Labute approximate surface area is 136 Å². The Morgan fingerprint density at radius 3 is 2.68 bits per heavy atom. The van der Waals surface area contributed by atoms with Gasteiger partial charge in [-0.25, -0.2) is 0 Å². The molecule has 2 amide bonds. The van der Waals surface area contributed by atoms with Gasteiger partial charge in [-0.1, -0.05) is 22.0 Å². The summed E-state index contributed by atoms with van der Waals surface area (Å²) in [5.74, 6) is -0.813. The maximum atomic E-state index is 11.4. The number of rotatable bonds is 7. The number of esters is 1. The average molecular weight is 373 g/mol. The predicted molar refractivity (Wildman–Crippen MR) is 81.8 cm³/mol. The lowest BCUT2D eigenvalue weighted by atomic mass is 10.3. The minimum atomic E-state index is -0.603. The lowest BCUT2D eigenvalue weighted by Crippen LogP contribution is -2.42. The molecule has 0 fully saturated rings. The average Bonchev–Trinajstić information content (AvgIpc) is 2.47. The number of hydrogen-bond donors (Lipinski definition) is 2. The van der Waals surface area contributed by atoms with Gasteiger partial charge in [-0.3, -0.25) is 25.2 Å². The molecule has 7 nitrogen and oxygen atoms in total. The fourth-order valence-electron chi connectivity index (χ4n) is 1.38. The first-order chi connectivity index (χ1) is 10.5. The van der Waals surface area contributed by atoms with Gasteiger partial charge < -0.3 is 9.47 Å². The summed E-state index contributed by atoms with van der Waals surface area (Å²) in [6.07, 6.45) is 0.611. The van der Waals surface area contributed by atoms with Crippen LogP contribution in [-0.2, 0) is 19.1 Å². The molecule has 0 heterocycles. The summed E-state index contributed by atoms with van der Waals surface area (Å²) >= 11 is 3.33. The van der Waals surface area contributed by atoms with E-state index in [0.717, 1.165) is 4.47 Å². The van der Waals surface area contributed by atoms with Gasteiger partial charge in [0, 0.05) is 17.8 Å². The molecule has 0 aromatic heterocycles. The van der Waals surface area contributed by atoms with E-state index in [0.29, 0.717) is 18.8 Å². The van der Waals surface area contributed by atoms with E-state index in [2.05, 4.69) is 26.8 Å². The summed E-state index contributed by atoms with van der Waals surface area (Å²) in [6, 6.07) is 7.37. The quantitative estimate of drug-likeness (QED) is 0.427. The molecule has 1 aromatic carbocycles. The van der Waals surface area contributed by atoms with E-state index in [1.165, 1.54) is 6.92 Å². The van der Waals surface area contributed by atoms with Crippen molar-refractivity contribution in [2.24, 2.45) is 0 Å². The van der Waals surface area contributed by atoms with Gasteiger partial charge in [0.1, 0.15) is 5.75 Å². The lowest BCUT2D eigenvalue weighted by Gasteiger charge is -2.07. The van der Waals surface area contributed by atoms with E-state index >= 15 is 0 Å². The van der Waals surface area contributed by atoms with Crippen LogP contribution in [0.15, 0.2) is 28.7 Å². The SMILES string of the molecule is CC(=O)NNC(=O)COC(=O)CCCOc1cccc(Br)c1. The van der Waals surface area contributed by atoms with Crippen LogP contribution in [0.1, 0.15) is 19.8 Å². The Morgan fingerprint density at radius 1 is 1.23 bits per heavy atom. The van der Waals surface area contributed by atoms with Crippen LogP contribution in [0.2, 0.25) is 0 Å². The van der Waals surface area contributed by atoms with Crippen molar-refractivity contribution in [2.75, 3.05) is 13.2 Å². The maximum Gasteiger partial charge on any atom is 0.306 e. The van der Waals surface area contributed by atoms with Crippen molar-refractivity contribution in [1.82, 2.24) is 10.9 Å². The minimum absolute atomic E-state index is 0.140. The van der Waals surface area contributed by atoms with E-state index in [4.69, 9.17) is 9.47 Å². The molecule has 22 heavy (non-hydrogen) atoms. The molecule has 0 spiro atoms. The summed E-state index contributed by atoms with van der Waals surface area (Å²) in [5, 5.41) is 0. The summed E-state index contributed by atoms with van der Waals surface area (Å²) in [5.41, 5.74) is 4.18. The molecule has 0 unspecified atom stereocenters. The molecule has 0 bridgehead atoms. The highest BCUT2D eigenvalue weighted by Gasteiger charge is 2.07. The van der Waals surface area contributed by atoms with Gasteiger partial charge in [-0.2, -0.15) is 0 Å². The zero-order valence-electron chi connectivity index (χ0n) is 12.1. The third-order valence-corrected chi connectivity index (χ3v) is 2.83. The van der Waals surface area contributed by atoms with E-state index in [1.54, 1.807) is 0 Å². The van der Waals surface area contributed by atoms with Gasteiger partial charge >= 0.3 is 5.97 Å². The number of benzene rings is 1. The summed E-state index contributed by atoms with van der Waals surface area (Å²) < 4.78 is 11.1. The van der Waals surface area contributed by atoms with Crippen LogP contribution in [0, 0.1) is 0 Å². The van der Waals surface area contributed by atoms with Gasteiger partial charge in [-0.15, -0.1) is 0 Å². The molecule has 1 rings (SSSR count). The largest absolute Gasteiger partial charge is 0.494 e. The van der Waals surface area contributed by atoms with Crippen LogP contribution >= 0.6 is 15.9 Å². The van der Waals surface area contributed by atoms with E-state index in [1.807, 2.05) is 24.3 Å². The van der Waals surface area contributed by atoms with E-state index in [9.17, 15) is 14.4 Å². The number of hydrazine groups is 1. The van der Waals surface area contributed by atoms with Crippen molar-refractivity contribution >= 4 is 33.7 Å². The third kappa shape index (κ3) is 8.25. The zero-order valence-corrected chi connectivity index (χ0v) is 13.6. The number of halogens is 1. The van der Waals surface area contributed by atoms with Crippen LogP contribution in [-0.4, -0.2) is 31.0 Å². The number of carbonyl (C=O) groups excluding carboxylic acids is 3. The van der Waals surface area contributed by atoms with Crippen molar-refractivity contribution in [3.63, 3.8) is 0 Å². The second-order valence-corrected chi connectivity index (χ2v) is 5.22. The Balaban J connectivity index is 2.10. The molecule has 1 aromatic rings. The fourth-order valence-corrected chi connectivity index (χ4v) is 1.75. The van der Waals surface area contributed by atoms with Crippen molar-refractivity contribution in [2.45, 2.75) is 19.8 Å². The lowest BCUT2D eigenvalue weighted by molar-refractivity contribution is -0.149. The molecule has 0 aliphatic carbocycles. The number of ether oxygens (including phenoxy) is 2. The third-order valence-electron chi connectivity index (χ3n) is 2.33. The molecule has 0 aliphatic heterocycles. The van der Waals surface area contributed by atoms with Gasteiger partial charge in [0.15, 0.2) is 6.61 Å². The standard InChI is InChI=1S/C14H17BrN2O5/c1-10(18)16-17-13(19)9-22-14(20)6-3-7-21-12-5-2-4-11(15)8-12/h2,4-5,8H,3,6-7,9H2,1H3,(H,16,18)(H,17,19). The molecular formula is C14H17BrN2O5. The predicted octanol–water partition coefficient (Wildman–Crippen LogP) is 1.32. The van der Waals surface area contributed by atoms with Crippen LogP contribution in [0.3, 0.4) is 0 Å². The van der Waals surface area contributed by atoms with E-state index in [-0.39, 0.29) is 6.42 Å². The monoisotopic (exact) mass is 372 g/mol. The minimum Gasteiger partial charge on any atom is -0.494 e. The molecule has 0 radical (unpaired) electrons. The highest BCUT2D eigenvalue weighted by atomic mass is 79.9. The van der Waals surface area contributed by atoms with Gasteiger partial charge in [0.05, 0.1) is 6.61 Å². The summed E-state index contributed by atoms with van der Waals surface area (Å²) in [7, 11) is 0. The van der Waals surface area contributed by atoms with Gasteiger partial charge in [0.25, 0.3) is 5.91 Å². The van der Waals surface area contributed by atoms with Gasteiger partial charge in [-0.05, 0) is 24.6 Å². The number of nitrogens with one attached hydrogen (secondary N) is 2. The van der Waals surface area contributed by atoms with Crippen LogP contribution < -0.4 is 15.6 Å². The molecule has 0 saturated carbocycles. The number of hydrogen-bond acceptors (Lipinski definition) is 5. The maximum absolute atomic E-state index is 11.4. The van der Waals surface area contributed by atoms with Crippen LogP contribution in [0.5, 0.6) is 5.75 Å². The molecule has 120 valence electrons. The Hall–Kier alpha value is -2.09. The smallest absolute Gasteiger partial charge is 0.306 e. The molecule has 8 heteroatoms. The van der Waals surface area contributed by atoms with Crippen molar-refractivity contribution < 1.29 is 23.9 Å². The van der Waals surface area contributed by atoms with Crippen LogP contribution in [0.4, 0.5) is 0 Å². The molecule has 0 atom stereocenters.